The highest BCUT2D eigenvalue weighted by atomic mass is 35.5. The lowest BCUT2D eigenvalue weighted by Crippen LogP contribution is -2.11. The summed E-state index contributed by atoms with van der Waals surface area (Å²) in [6.45, 7) is 0.578. The number of rotatable bonds is 8. The number of amides is 1. The molecule has 0 aliphatic rings. The average Bonchev–Trinajstić information content (AvgIpc) is 3.60. The van der Waals surface area contributed by atoms with Crippen molar-refractivity contribution in [1.82, 2.24) is 19.7 Å². The number of nitrogens with zero attached hydrogens (tertiary/aromatic N) is 4. The summed E-state index contributed by atoms with van der Waals surface area (Å²) < 4.78 is 18.0. The lowest BCUT2D eigenvalue weighted by atomic mass is 10.2. The second-order valence-electron chi connectivity index (χ2n) is 8.08. The summed E-state index contributed by atoms with van der Waals surface area (Å²) in [5, 5.41) is 7.54. The van der Waals surface area contributed by atoms with Crippen LogP contribution in [0.5, 0.6) is 11.5 Å². The summed E-state index contributed by atoms with van der Waals surface area (Å²) in [6.07, 6.45) is 3.54. The molecule has 186 valence electrons. The van der Waals surface area contributed by atoms with Crippen molar-refractivity contribution < 1.29 is 18.8 Å². The van der Waals surface area contributed by atoms with E-state index in [1.54, 1.807) is 56.9 Å². The molecule has 0 saturated heterocycles. The molecule has 0 unspecified atom stereocenters. The van der Waals surface area contributed by atoms with E-state index in [0.29, 0.717) is 51.7 Å². The molecule has 9 nitrogen and oxygen atoms in total. The van der Waals surface area contributed by atoms with Crippen LogP contribution in [0.1, 0.15) is 15.9 Å². The van der Waals surface area contributed by atoms with Gasteiger partial charge in [-0.1, -0.05) is 28.9 Å². The normalized spacial score (nSPS) is 10.8. The molecule has 5 rings (SSSR count). The number of carbonyl (C=O) groups is 1. The predicted octanol–water partition coefficient (Wildman–Crippen LogP) is 5.57. The molecule has 37 heavy (non-hydrogen) atoms. The molecule has 1 N–H and O–H groups in total. The van der Waals surface area contributed by atoms with Crippen LogP contribution in [0.25, 0.3) is 23.0 Å². The van der Waals surface area contributed by atoms with Crippen molar-refractivity contribution in [3.63, 3.8) is 0 Å². The molecule has 0 aliphatic heterocycles. The zero-order valence-corrected chi connectivity index (χ0v) is 20.8. The first-order chi connectivity index (χ1) is 18.0. The minimum Gasteiger partial charge on any atom is -0.493 e. The zero-order valence-electron chi connectivity index (χ0n) is 20.0. The third-order valence-electron chi connectivity index (χ3n) is 5.60. The van der Waals surface area contributed by atoms with Gasteiger partial charge in [0.25, 0.3) is 11.8 Å². The Morgan fingerprint density at radius 1 is 1.00 bits per heavy atom. The van der Waals surface area contributed by atoms with Gasteiger partial charge in [-0.05, 0) is 60.2 Å². The molecule has 0 atom stereocenters. The van der Waals surface area contributed by atoms with Gasteiger partial charge in [0.15, 0.2) is 11.5 Å². The summed E-state index contributed by atoms with van der Waals surface area (Å²) in [5.41, 5.74) is 3.56. The summed E-state index contributed by atoms with van der Waals surface area (Å²) in [5.74, 6) is 1.72. The number of nitrogens with one attached hydrogen (secondary N) is 1. The Bertz CT molecular complexity index is 1530. The van der Waals surface area contributed by atoms with Crippen LogP contribution in [-0.2, 0) is 6.54 Å². The van der Waals surface area contributed by atoms with E-state index in [1.807, 2.05) is 41.1 Å². The predicted molar refractivity (Wildman–Crippen MR) is 139 cm³/mol. The molecule has 2 heterocycles. The van der Waals surface area contributed by atoms with Crippen LogP contribution in [0.3, 0.4) is 0 Å². The van der Waals surface area contributed by atoms with Crippen molar-refractivity contribution in [1.29, 1.82) is 0 Å². The van der Waals surface area contributed by atoms with E-state index in [0.717, 1.165) is 11.1 Å². The Morgan fingerprint density at radius 3 is 2.49 bits per heavy atom. The van der Waals surface area contributed by atoms with E-state index in [1.165, 1.54) is 0 Å². The fraction of sp³-hybridized carbons (Fsp3) is 0.111. The Kier molecular flexibility index (Phi) is 6.87. The SMILES string of the molecule is COc1ccc(-c2noc(-c3cn(Cc4ccc(NC(=O)c5ccc(Cl)cc5)cc4)cn3)n2)cc1OC. The molecule has 0 radical (unpaired) electrons. The molecule has 0 spiro atoms. The number of hydrogen-bond donors (Lipinski definition) is 1. The smallest absolute Gasteiger partial charge is 0.278 e. The van der Waals surface area contributed by atoms with Gasteiger partial charge in [-0.15, -0.1) is 0 Å². The lowest BCUT2D eigenvalue weighted by molar-refractivity contribution is 0.102. The highest BCUT2D eigenvalue weighted by Crippen LogP contribution is 2.32. The van der Waals surface area contributed by atoms with Gasteiger partial charge in [-0.25, -0.2) is 4.98 Å². The number of halogens is 1. The van der Waals surface area contributed by atoms with E-state index in [4.69, 9.17) is 25.6 Å². The maximum atomic E-state index is 12.4. The van der Waals surface area contributed by atoms with Crippen molar-refractivity contribution in [2.75, 3.05) is 19.5 Å². The van der Waals surface area contributed by atoms with Crippen molar-refractivity contribution in [2.24, 2.45) is 0 Å². The molecule has 2 aromatic heterocycles. The monoisotopic (exact) mass is 515 g/mol. The highest BCUT2D eigenvalue weighted by Gasteiger charge is 2.15. The second kappa shape index (κ2) is 10.5. The van der Waals surface area contributed by atoms with Crippen molar-refractivity contribution in [3.8, 4) is 34.5 Å². The summed E-state index contributed by atoms with van der Waals surface area (Å²) in [4.78, 5) is 21.3. The summed E-state index contributed by atoms with van der Waals surface area (Å²) in [7, 11) is 3.15. The van der Waals surface area contributed by atoms with Gasteiger partial charge in [-0.3, -0.25) is 4.79 Å². The van der Waals surface area contributed by atoms with Crippen LogP contribution in [0, 0.1) is 0 Å². The first kappa shape index (κ1) is 24.1. The van der Waals surface area contributed by atoms with Gasteiger partial charge in [-0.2, -0.15) is 4.98 Å². The molecule has 1 amide bonds. The minimum atomic E-state index is -0.198. The number of hydrogen-bond acceptors (Lipinski definition) is 7. The van der Waals surface area contributed by atoms with Gasteiger partial charge < -0.3 is 23.9 Å². The molecule has 3 aromatic carbocycles. The number of aromatic nitrogens is 4. The molecule has 10 heteroatoms. The van der Waals surface area contributed by atoms with E-state index in [-0.39, 0.29) is 5.91 Å². The number of methoxy groups -OCH3 is 2. The molecule has 0 bridgehead atoms. The zero-order chi connectivity index (χ0) is 25.8. The third-order valence-corrected chi connectivity index (χ3v) is 5.86. The number of ether oxygens (including phenoxy) is 2. The third kappa shape index (κ3) is 5.46. The quantitative estimate of drug-likeness (QED) is 0.288. The molecule has 0 saturated carbocycles. The van der Waals surface area contributed by atoms with Crippen LogP contribution in [-0.4, -0.2) is 39.8 Å². The topological polar surface area (TPSA) is 104 Å². The lowest BCUT2D eigenvalue weighted by Gasteiger charge is -2.07. The van der Waals surface area contributed by atoms with Crippen molar-refractivity contribution in [2.45, 2.75) is 6.54 Å². The molecular formula is C27H22ClN5O4. The van der Waals surface area contributed by atoms with E-state index >= 15 is 0 Å². The van der Waals surface area contributed by atoms with Crippen LogP contribution in [0.2, 0.25) is 5.02 Å². The Labute approximate surface area is 217 Å². The first-order valence-electron chi connectivity index (χ1n) is 11.3. The van der Waals surface area contributed by atoms with Gasteiger partial charge >= 0.3 is 0 Å². The Hall–Kier alpha value is -4.63. The maximum Gasteiger partial charge on any atom is 0.278 e. The number of carbonyl (C=O) groups excluding carboxylic acids is 1. The van der Waals surface area contributed by atoms with Gasteiger partial charge in [0.05, 0.1) is 20.5 Å². The summed E-state index contributed by atoms with van der Waals surface area (Å²) >= 11 is 5.88. The van der Waals surface area contributed by atoms with E-state index < -0.39 is 0 Å². The molecule has 5 aromatic rings. The summed E-state index contributed by atoms with van der Waals surface area (Å²) in [6, 6.07) is 19.7. The van der Waals surface area contributed by atoms with Crippen LogP contribution >= 0.6 is 11.6 Å². The van der Waals surface area contributed by atoms with Gasteiger partial charge in [0.2, 0.25) is 5.82 Å². The van der Waals surface area contributed by atoms with Gasteiger partial charge in [0.1, 0.15) is 5.69 Å². The van der Waals surface area contributed by atoms with Crippen molar-refractivity contribution in [3.05, 3.63) is 95.4 Å². The van der Waals surface area contributed by atoms with Crippen molar-refractivity contribution >= 4 is 23.2 Å². The molecule has 0 fully saturated rings. The fourth-order valence-electron chi connectivity index (χ4n) is 3.69. The van der Waals surface area contributed by atoms with E-state index in [9.17, 15) is 4.79 Å². The first-order valence-corrected chi connectivity index (χ1v) is 11.6. The number of imidazole rings is 1. The Morgan fingerprint density at radius 2 is 1.76 bits per heavy atom. The van der Waals surface area contributed by atoms with Gasteiger partial charge in [0, 0.05) is 34.6 Å². The largest absolute Gasteiger partial charge is 0.493 e. The molecular weight excluding hydrogens is 494 g/mol. The second-order valence-corrected chi connectivity index (χ2v) is 8.52. The minimum absolute atomic E-state index is 0.198. The highest BCUT2D eigenvalue weighted by molar-refractivity contribution is 6.30. The van der Waals surface area contributed by atoms with Crippen LogP contribution < -0.4 is 14.8 Å². The number of benzene rings is 3. The standard InChI is InChI=1S/C27H22ClN5O4/c1-35-23-12-7-19(13-24(23)36-2)25-31-27(37-32-25)22-15-33(16-29-22)14-17-3-10-21(11-4-17)30-26(34)18-5-8-20(28)9-6-18/h3-13,15-16H,14H2,1-2H3,(H,30,34). The average molecular weight is 516 g/mol. The number of anilines is 1. The Balaban J connectivity index is 1.24. The van der Waals surface area contributed by atoms with E-state index in [2.05, 4.69) is 20.4 Å². The van der Waals surface area contributed by atoms with Crippen LogP contribution in [0.15, 0.2) is 83.8 Å². The molecule has 0 aliphatic carbocycles. The fourth-order valence-corrected chi connectivity index (χ4v) is 3.81. The van der Waals surface area contributed by atoms with Crippen LogP contribution in [0.4, 0.5) is 5.69 Å². The maximum absolute atomic E-state index is 12.4.